The number of benzene rings is 1. The molecule has 166 valence electrons. The number of hydrogen-bond acceptors (Lipinski definition) is 3. The molecule has 6 fully saturated rings. The molecule has 5 saturated carbocycles. The molecule has 1 amide bonds. The fourth-order valence-corrected chi connectivity index (χ4v) is 8.52. The summed E-state index contributed by atoms with van der Waals surface area (Å²) >= 11 is 1.92. The van der Waals surface area contributed by atoms with Gasteiger partial charge in [0.2, 0.25) is 5.91 Å². The molecule has 1 N–H and O–H groups in total. The summed E-state index contributed by atoms with van der Waals surface area (Å²) in [5.74, 6) is 3.92. The highest BCUT2D eigenvalue weighted by atomic mass is 32.2. The van der Waals surface area contributed by atoms with E-state index in [9.17, 15) is 4.79 Å². The van der Waals surface area contributed by atoms with Gasteiger partial charge < -0.3 is 10.2 Å². The van der Waals surface area contributed by atoms with Gasteiger partial charge in [-0.15, -0.1) is 0 Å². The Balaban J connectivity index is 1.15. The highest BCUT2D eigenvalue weighted by molar-refractivity contribution is 8.14. The second-order valence-corrected chi connectivity index (χ2v) is 11.9. The summed E-state index contributed by atoms with van der Waals surface area (Å²) in [7, 11) is 0. The van der Waals surface area contributed by atoms with Crippen molar-refractivity contribution in [2.45, 2.75) is 88.8 Å². The maximum atomic E-state index is 12.8. The van der Waals surface area contributed by atoms with Crippen molar-refractivity contribution in [3.8, 4) is 0 Å². The maximum absolute atomic E-state index is 12.8. The molecule has 1 aliphatic heterocycles. The van der Waals surface area contributed by atoms with Gasteiger partial charge in [0.15, 0.2) is 5.17 Å². The average Bonchev–Trinajstić information content (AvgIpc) is 3.50. The molecule has 7 rings (SSSR count). The molecule has 5 heteroatoms. The van der Waals surface area contributed by atoms with Crippen molar-refractivity contribution in [2.75, 3.05) is 11.1 Å². The minimum absolute atomic E-state index is 0.136. The molecule has 0 radical (unpaired) electrons. The first-order valence-electron chi connectivity index (χ1n) is 12.5. The van der Waals surface area contributed by atoms with E-state index >= 15 is 0 Å². The molecule has 1 aromatic carbocycles. The summed E-state index contributed by atoms with van der Waals surface area (Å²) in [6.45, 7) is 2.15. The Morgan fingerprint density at radius 3 is 2.32 bits per heavy atom. The minimum Gasteiger partial charge on any atom is -0.344 e. The van der Waals surface area contributed by atoms with Gasteiger partial charge in [-0.05, 0) is 93.2 Å². The first kappa shape index (κ1) is 20.1. The first-order chi connectivity index (χ1) is 15.1. The van der Waals surface area contributed by atoms with Crippen LogP contribution < -0.4 is 5.32 Å². The third-order valence-electron chi connectivity index (χ3n) is 8.37. The van der Waals surface area contributed by atoms with Gasteiger partial charge in [-0.3, -0.25) is 9.79 Å². The molecular weight excluding hydrogens is 402 g/mol. The van der Waals surface area contributed by atoms with E-state index in [-0.39, 0.29) is 11.4 Å². The maximum Gasteiger partial charge on any atom is 0.226 e. The lowest BCUT2D eigenvalue weighted by Crippen LogP contribution is -2.50. The average molecular weight is 438 g/mol. The Bertz CT molecular complexity index is 840. The van der Waals surface area contributed by atoms with E-state index in [0.29, 0.717) is 18.5 Å². The zero-order valence-electron chi connectivity index (χ0n) is 18.7. The second-order valence-electron chi connectivity index (χ2n) is 10.9. The third kappa shape index (κ3) is 4.03. The molecule has 6 aliphatic rings. The van der Waals surface area contributed by atoms with E-state index in [1.54, 1.807) is 0 Å². The molecular formula is C26H35N3OS. The zero-order chi connectivity index (χ0) is 21.0. The third-order valence-corrected chi connectivity index (χ3v) is 9.48. The van der Waals surface area contributed by atoms with Crippen LogP contribution >= 0.6 is 11.8 Å². The van der Waals surface area contributed by atoms with Crippen LogP contribution in [0.25, 0.3) is 0 Å². The first-order valence-corrected chi connectivity index (χ1v) is 13.5. The van der Waals surface area contributed by atoms with Gasteiger partial charge in [0.1, 0.15) is 0 Å². The van der Waals surface area contributed by atoms with Gasteiger partial charge in [-0.25, -0.2) is 0 Å². The van der Waals surface area contributed by atoms with Crippen LogP contribution in [0.1, 0.15) is 70.3 Å². The van der Waals surface area contributed by atoms with E-state index in [0.717, 1.165) is 35.6 Å². The number of carbonyl (C=O) groups is 1. The molecule has 1 aromatic rings. The number of amidine groups is 1. The molecule has 1 heterocycles. The van der Waals surface area contributed by atoms with Crippen LogP contribution in [0.2, 0.25) is 0 Å². The molecule has 4 nitrogen and oxygen atoms in total. The summed E-state index contributed by atoms with van der Waals surface area (Å²) in [5, 5.41) is 4.40. The second kappa shape index (κ2) is 7.83. The zero-order valence-corrected chi connectivity index (χ0v) is 19.5. The number of carbonyl (C=O) groups excluding carboxylic acids is 1. The Kier molecular flexibility index (Phi) is 5.08. The van der Waals surface area contributed by atoms with Gasteiger partial charge >= 0.3 is 0 Å². The van der Waals surface area contributed by atoms with Crippen LogP contribution in [0.15, 0.2) is 29.3 Å². The van der Waals surface area contributed by atoms with E-state index in [4.69, 9.17) is 4.99 Å². The Labute approximate surface area is 190 Å². The minimum atomic E-state index is 0.136. The van der Waals surface area contributed by atoms with Crippen LogP contribution in [0.3, 0.4) is 0 Å². The smallest absolute Gasteiger partial charge is 0.226 e. The van der Waals surface area contributed by atoms with Crippen molar-refractivity contribution in [3.05, 3.63) is 29.8 Å². The monoisotopic (exact) mass is 437 g/mol. The van der Waals surface area contributed by atoms with Crippen molar-refractivity contribution in [3.63, 3.8) is 0 Å². The van der Waals surface area contributed by atoms with Crippen molar-refractivity contribution < 1.29 is 4.79 Å². The molecule has 1 saturated heterocycles. The fraction of sp³-hybridized carbons (Fsp3) is 0.692. The molecule has 1 unspecified atom stereocenters. The lowest BCUT2D eigenvalue weighted by atomic mass is 9.53. The number of nitrogens with one attached hydrogen (secondary N) is 1. The molecule has 4 bridgehead atoms. The lowest BCUT2D eigenvalue weighted by molar-refractivity contribution is -0.116. The van der Waals surface area contributed by atoms with Crippen LogP contribution in [-0.4, -0.2) is 39.4 Å². The number of rotatable bonds is 6. The molecule has 5 aliphatic carbocycles. The summed E-state index contributed by atoms with van der Waals surface area (Å²) in [4.78, 5) is 20.9. The summed E-state index contributed by atoms with van der Waals surface area (Å²) in [6, 6.07) is 9.17. The Morgan fingerprint density at radius 2 is 1.74 bits per heavy atom. The highest BCUT2D eigenvalue weighted by Crippen LogP contribution is 2.57. The predicted octanol–water partition coefficient (Wildman–Crippen LogP) is 5.48. The highest BCUT2D eigenvalue weighted by Gasteiger charge is 2.52. The van der Waals surface area contributed by atoms with Gasteiger partial charge in [0.05, 0.1) is 5.54 Å². The quantitative estimate of drug-likeness (QED) is 0.641. The fourth-order valence-electron chi connectivity index (χ4n) is 7.19. The number of amides is 1. The topological polar surface area (TPSA) is 44.7 Å². The number of hydrogen-bond donors (Lipinski definition) is 1. The van der Waals surface area contributed by atoms with Crippen LogP contribution in [-0.2, 0) is 11.2 Å². The van der Waals surface area contributed by atoms with E-state index in [1.165, 1.54) is 62.1 Å². The van der Waals surface area contributed by atoms with Crippen LogP contribution in [0.5, 0.6) is 0 Å². The van der Waals surface area contributed by atoms with Gasteiger partial charge in [0.25, 0.3) is 0 Å². The number of aliphatic imine (C=N–C) groups is 1. The van der Waals surface area contributed by atoms with E-state index in [1.807, 2.05) is 23.9 Å². The number of aryl methyl sites for hydroxylation is 1. The van der Waals surface area contributed by atoms with Gasteiger partial charge in [-0.2, -0.15) is 0 Å². The largest absolute Gasteiger partial charge is 0.344 e. The van der Waals surface area contributed by atoms with Crippen molar-refractivity contribution in [1.29, 1.82) is 0 Å². The molecule has 0 spiro atoms. The number of thioether (sulfide) groups is 1. The number of anilines is 1. The molecule has 31 heavy (non-hydrogen) atoms. The Morgan fingerprint density at radius 1 is 1.10 bits per heavy atom. The SMILES string of the molecule is CCc1ccc(NC(=O)CC2CSC(=NC34CC5CC(CC(C5)C3)C4)N2C2CC2)cc1. The molecule has 0 aromatic heterocycles. The molecule has 1 atom stereocenters. The van der Waals surface area contributed by atoms with Crippen molar-refractivity contribution in [1.82, 2.24) is 4.90 Å². The summed E-state index contributed by atoms with van der Waals surface area (Å²) < 4.78 is 0. The predicted molar refractivity (Wildman–Crippen MR) is 129 cm³/mol. The van der Waals surface area contributed by atoms with E-state index < -0.39 is 0 Å². The lowest BCUT2D eigenvalue weighted by Gasteiger charge is -2.55. The van der Waals surface area contributed by atoms with Gasteiger partial charge in [0, 0.05) is 29.9 Å². The summed E-state index contributed by atoms with van der Waals surface area (Å²) in [6.07, 6.45) is 12.5. The van der Waals surface area contributed by atoms with Crippen LogP contribution in [0, 0.1) is 17.8 Å². The van der Waals surface area contributed by atoms with Gasteiger partial charge in [-0.1, -0.05) is 30.8 Å². The number of nitrogens with zero attached hydrogens (tertiary/aromatic N) is 2. The van der Waals surface area contributed by atoms with Crippen molar-refractivity contribution >= 4 is 28.5 Å². The normalized spacial score (nSPS) is 37.6. The van der Waals surface area contributed by atoms with Crippen molar-refractivity contribution in [2.24, 2.45) is 22.7 Å². The Hall–Kier alpha value is -1.49. The van der Waals surface area contributed by atoms with E-state index in [2.05, 4.69) is 29.3 Å². The van der Waals surface area contributed by atoms with Crippen LogP contribution in [0.4, 0.5) is 5.69 Å². The standard InChI is InChI=1S/C26H35N3OS/c1-2-17-3-5-21(6-4-17)27-24(30)12-23-16-31-25(29(23)22-7-8-22)28-26-13-18-9-19(14-26)11-20(10-18)15-26/h3-6,18-20,22-23H,2,7-16H2,1H3,(H,27,30). The summed E-state index contributed by atoms with van der Waals surface area (Å²) in [5.41, 5.74) is 2.44.